The van der Waals surface area contributed by atoms with Gasteiger partial charge in [0.25, 0.3) is 0 Å². The molecule has 220 valence electrons. The van der Waals surface area contributed by atoms with Gasteiger partial charge in [-0.15, -0.1) is 0 Å². The zero-order valence-corrected chi connectivity index (χ0v) is 23.7. The van der Waals surface area contributed by atoms with Crippen LogP contribution >= 0.6 is 0 Å². The summed E-state index contributed by atoms with van der Waals surface area (Å²) in [5, 5.41) is 42.8. The molecule has 1 aromatic heterocycles. The van der Waals surface area contributed by atoms with E-state index in [0.717, 1.165) is 45.1 Å². The lowest BCUT2D eigenvalue weighted by Crippen LogP contribution is -2.32. The predicted molar refractivity (Wildman–Crippen MR) is 162 cm³/mol. The van der Waals surface area contributed by atoms with Gasteiger partial charge in [0.1, 0.15) is 30.0 Å². The van der Waals surface area contributed by atoms with E-state index < -0.39 is 12.2 Å². The van der Waals surface area contributed by atoms with Crippen LogP contribution in [0.15, 0.2) is 72.9 Å². The van der Waals surface area contributed by atoms with Gasteiger partial charge in [0.2, 0.25) is 0 Å². The molecule has 3 atom stereocenters. The maximum absolute atomic E-state index is 11.4. The van der Waals surface area contributed by atoms with Crippen LogP contribution < -0.4 is 14.2 Å². The average Bonchev–Trinajstić information content (AvgIpc) is 3.48. The Morgan fingerprint density at radius 2 is 1.81 bits per heavy atom. The summed E-state index contributed by atoms with van der Waals surface area (Å²) < 4.78 is 17.9. The number of nitrogens with one attached hydrogen (secondary N) is 1. The van der Waals surface area contributed by atoms with Gasteiger partial charge in [-0.25, -0.2) is 0 Å². The fraction of sp³-hybridized carbons (Fsp3) is 0.257. The number of H-pyrrole nitrogens is 1. The van der Waals surface area contributed by atoms with Gasteiger partial charge in [-0.2, -0.15) is 0 Å². The van der Waals surface area contributed by atoms with Crippen LogP contribution in [0.3, 0.4) is 0 Å². The van der Waals surface area contributed by atoms with Crippen molar-refractivity contribution < 1.29 is 34.6 Å². The monoisotopic (exact) mass is 579 g/mol. The molecule has 7 rings (SSSR count). The van der Waals surface area contributed by atoms with Crippen molar-refractivity contribution in [2.24, 2.45) is 0 Å². The van der Waals surface area contributed by atoms with Crippen LogP contribution in [0.5, 0.6) is 28.7 Å². The lowest BCUT2D eigenvalue weighted by Gasteiger charge is -2.37. The molecule has 5 N–H and O–H groups in total. The van der Waals surface area contributed by atoms with Crippen LogP contribution in [-0.4, -0.2) is 51.8 Å². The standard InChI is InChI=1S/C35H33NO7/c1-41-32-15-21(3-7-29(32)39)35-30(40)17-26-27-14-22(13-19-2-6-28-20(12-19)8-9-36-28)25-16-23(38)4-5-24(25)34(27)33(42-11-10-37)18-31(26)43-35/h2-9,12,15-16,18,22,30,35-40H,10-11,13-14,17H2,1H3/t22-,30-,35-/m1/s1. The van der Waals surface area contributed by atoms with E-state index >= 15 is 0 Å². The van der Waals surface area contributed by atoms with Gasteiger partial charge in [0.05, 0.1) is 19.8 Å². The molecule has 4 aromatic carbocycles. The molecule has 0 radical (unpaired) electrons. The molecule has 0 fully saturated rings. The minimum absolute atomic E-state index is 0.0112. The largest absolute Gasteiger partial charge is 0.508 e. The minimum Gasteiger partial charge on any atom is -0.508 e. The Morgan fingerprint density at radius 1 is 0.930 bits per heavy atom. The zero-order valence-electron chi connectivity index (χ0n) is 23.7. The minimum atomic E-state index is -0.842. The van der Waals surface area contributed by atoms with Crippen molar-refractivity contribution in [1.82, 2.24) is 4.98 Å². The Labute approximate surface area is 248 Å². The molecule has 1 aliphatic heterocycles. The van der Waals surface area contributed by atoms with Crippen molar-refractivity contribution in [3.8, 4) is 39.9 Å². The number of aliphatic hydroxyl groups excluding tert-OH is 2. The second-order valence-electron chi connectivity index (χ2n) is 11.3. The third-order valence-corrected chi connectivity index (χ3v) is 8.66. The molecular weight excluding hydrogens is 546 g/mol. The summed E-state index contributed by atoms with van der Waals surface area (Å²) >= 11 is 0. The SMILES string of the molecule is COc1cc([C@H]2Oc3cc(OCCO)c4c(c3C[C@H]2O)C[C@@H](Cc2ccc3[nH]ccc3c2)c2cc(O)ccc2-4)ccc1O. The third kappa shape index (κ3) is 4.82. The number of hydrogen-bond acceptors (Lipinski definition) is 7. The second-order valence-corrected chi connectivity index (χ2v) is 11.3. The molecule has 0 unspecified atom stereocenters. The highest BCUT2D eigenvalue weighted by Crippen LogP contribution is 2.52. The molecule has 0 saturated carbocycles. The number of aliphatic hydroxyl groups is 2. The third-order valence-electron chi connectivity index (χ3n) is 8.66. The van der Waals surface area contributed by atoms with Crippen molar-refractivity contribution in [2.45, 2.75) is 37.4 Å². The molecule has 2 heterocycles. The number of rotatable bonds is 7. The average molecular weight is 580 g/mol. The highest BCUT2D eigenvalue weighted by atomic mass is 16.5. The van der Waals surface area contributed by atoms with Crippen molar-refractivity contribution in [2.75, 3.05) is 20.3 Å². The summed E-state index contributed by atoms with van der Waals surface area (Å²) in [6, 6.07) is 20.7. The lowest BCUT2D eigenvalue weighted by molar-refractivity contribution is 0.0201. The first kappa shape index (κ1) is 27.2. The van der Waals surface area contributed by atoms with E-state index in [4.69, 9.17) is 14.2 Å². The number of fused-ring (bicyclic) bond motifs is 6. The van der Waals surface area contributed by atoms with Gasteiger partial charge in [-0.05, 0) is 94.4 Å². The summed E-state index contributed by atoms with van der Waals surface area (Å²) in [7, 11) is 1.48. The van der Waals surface area contributed by atoms with Crippen LogP contribution in [0.1, 0.15) is 39.8 Å². The molecule has 43 heavy (non-hydrogen) atoms. The molecule has 8 heteroatoms. The van der Waals surface area contributed by atoms with Gasteiger partial charge in [-0.3, -0.25) is 0 Å². The number of aromatic amines is 1. The van der Waals surface area contributed by atoms with Crippen LogP contribution in [0.4, 0.5) is 0 Å². The van der Waals surface area contributed by atoms with Crippen molar-refractivity contribution in [3.05, 3.63) is 101 Å². The summed E-state index contributed by atoms with van der Waals surface area (Å²) in [4.78, 5) is 3.25. The molecule has 0 bridgehead atoms. The molecule has 0 amide bonds. The van der Waals surface area contributed by atoms with E-state index in [0.29, 0.717) is 35.7 Å². The van der Waals surface area contributed by atoms with Gasteiger partial charge >= 0.3 is 0 Å². The number of benzene rings is 4. The van der Waals surface area contributed by atoms with Crippen LogP contribution in [0.2, 0.25) is 0 Å². The molecule has 5 aromatic rings. The van der Waals surface area contributed by atoms with Crippen LogP contribution in [0, 0.1) is 0 Å². The fourth-order valence-electron chi connectivity index (χ4n) is 6.71. The van der Waals surface area contributed by atoms with Gasteiger partial charge in [-0.1, -0.05) is 18.2 Å². The van der Waals surface area contributed by atoms with E-state index in [1.807, 2.05) is 24.4 Å². The number of aromatic nitrogens is 1. The van der Waals surface area contributed by atoms with E-state index in [1.165, 1.54) is 18.7 Å². The molecule has 2 aliphatic rings. The Balaban J connectivity index is 1.33. The Morgan fingerprint density at radius 3 is 2.65 bits per heavy atom. The molecule has 1 aliphatic carbocycles. The normalized spacial score (nSPS) is 18.8. The number of phenols is 2. The number of aromatic hydroxyl groups is 2. The maximum Gasteiger partial charge on any atom is 0.160 e. The van der Waals surface area contributed by atoms with E-state index in [9.17, 15) is 20.4 Å². The Hall–Kier alpha value is -4.66. The van der Waals surface area contributed by atoms with Crippen LogP contribution in [-0.2, 0) is 19.3 Å². The summed E-state index contributed by atoms with van der Waals surface area (Å²) in [6.45, 7) is -0.0337. The number of methoxy groups -OCH3 is 1. The highest BCUT2D eigenvalue weighted by Gasteiger charge is 2.37. The van der Waals surface area contributed by atoms with Crippen molar-refractivity contribution >= 4 is 10.9 Å². The zero-order chi connectivity index (χ0) is 29.7. The number of phenolic OH excluding ortho intramolecular Hbond substituents is 2. The molecule has 0 spiro atoms. The summed E-state index contributed by atoms with van der Waals surface area (Å²) in [5.41, 5.74) is 7.81. The first-order valence-electron chi connectivity index (χ1n) is 14.5. The summed E-state index contributed by atoms with van der Waals surface area (Å²) in [5.74, 6) is 1.77. The lowest BCUT2D eigenvalue weighted by atomic mass is 9.73. The van der Waals surface area contributed by atoms with Crippen molar-refractivity contribution in [3.63, 3.8) is 0 Å². The van der Waals surface area contributed by atoms with E-state index in [2.05, 4.69) is 29.2 Å². The summed E-state index contributed by atoms with van der Waals surface area (Å²) in [6.07, 6.45) is 2.19. The molecule has 8 nitrogen and oxygen atoms in total. The smallest absolute Gasteiger partial charge is 0.160 e. The number of hydrogen-bond donors (Lipinski definition) is 5. The Bertz CT molecular complexity index is 1830. The topological polar surface area (TPSA) is 124 Å². The van der Waals surface area contributed by atoms with Crippen LogP contribution in [0.25, 0.3) is 22.0 Å². The first-order chi connectivity index (χ1) is 20.9. The van der Waals surface area contributed by atoms with Gasteiger partial charge in [0.15, 0.2) is 11.5 Å². The van der Waals surface area contributed by atoms with E-state index in [-0.39, 0.29) is 30.6 Å². The quantitative estimate of drug-likeness (QED) is 0.171. The Kier molecular flexibility index (Phi) is 6.88. The second kappa shape index (κ2) is 10.9. The first-order valence-corrected chi connectivity index (χ1v) is 14.5. The predicted octanol–water partition coefficient (Wildman–Crippen LogP) is 5.55. The van der Waals surface area contributed by atoms with Crippen molar-refractivity contribution in [1.29, 1.82) is 0 Å². The van der Waals surface area contributed by atoms with Gasteiger partial charge in [0, 0.05) is 35.3 Å². The highest BCUT2D eigenvalue weighted by molar-refractivity contribution is 5.83. The maximum atomic E-state index is 11.4. The van der Waals surface area contributed by atoms with Gasteiger partial charge < -0.3 is 39.6 Å². The molecule has 0 saturated heterocycles. The number of ether oxygens (including phenoxy) is 3. The molecular formula is C35H33NO7. The van der Waals surface area contributed by atoms with E-state index in [1.54, 1.807) is 18.2 Å². The fourth-order valence-corrected chi connectivity index (χ4v) is 6.71.